The molecule has 5 rings (SSSR count). The average Bonchev–Trinajstić information content (AvgIpc) is 2.95. The molecule has 2 bridgehead atoms. The van der Waals surface area contributed by atoms with Gasteiger partial charge >= 0.3 is 243 Å². The molecule has 3 aromatic rings. The third kappa shape index (κ3) is 6.81. The molecule has 11 heteroatoms. The van der Waals surface area contributed by atoms with Crippen LogP contribution in [0.25, 0.3) is 0 Å². The topological polar surface area (TPSA) is 88.1 Å². The van der Waals surface area contributed by atoms with Crippen LogP contribution in [0.4, 0.5) is 0 Å². The number of carbonyl (C=O) groups is 3. The second-order valence-corrected chi connectivity index (χ2v) is 34.5. The second kappa shape index (κ2) is 13.4. The van der Waals surface area contributed by atoms with Crippen molar-refractivity contribution in [1.29, 1.82) is 0 Å². The van der Waals surface area contributed by atoms with Crippen molar-refractivity contribution in [3.63, 3.8) is 0 Å². The van der Waals surface area contributed by atoms with Gasteiger partial charge in [-0.05, 0) is 0 Å². The number of hydrogen-bond donors (Lipinski definition) is 0. The third-order valence-electron chi connectivity index (χ3n) is 5.79. The number of esters is 3. The molecule has 0 aromatic heterocycles. The van der Waals surface area contributed by atoms with E-state index in [0.29, 0.717) is 52.4 Å². The Morgan fingerprint density at radius 2 is 1.05 bits per heavy atom. The Labute approximate surface area is 241 Å². The molecule has 7 nitrogen and oxygen atoms in total. The zero-order valence-electron chi connectivity index (χ0n) is 19.7. The molecule has 2 aliphatic heterocycles. The first-order valence-corrected chi connectivity index (χ1v) is 26.9. The first-order chi connectivity index (χ1) is 18.6. The summed E-state index contributed by atoms with van der Waals surface area (Å²) >= 11 is 1.41. The van der Waals surface area contributed by atoms with Gasteiger partial charge in [0, 0.05) is 0 Å². The fourth-order valence-electron chi connectivity index (χ4n) is 3.96. The summed E-state index contributed by atoms with van der Waals surface area (Å²) < 4.78 is 24.6. The fraction of sp³-hybridized carbons (Fsp3) is 0.222. The molecular weight excluding hydrogens is 752 g/mol. The van der Waals surface area contributed by atoms with Crippen molar-refractivity contribution in [3.8, 4) is 0 Å². The van der Waals surface area contributed by atoms with Gasteiger partial charge in [-0.1, -0.05) is 0 Å². The molecular formula is C27H22O7Se4. The summed E-state index contributed by atoms with van der Waals surface area (Å²) in [6, 6.07) is 26.0. The monoisotopic (exact) mass is 778 g/mol. The van der Waals surface area contributed by atoms with Gasteiger partial charge in [-0.3, -0.25) is 0 Å². The Hall–Kier alpha value is -1.89. The van der Waals surface area contributed by atoms with Gasteiger partial charge in [-0.25, -0.2) is 0 Å². The van der Waals surface area contributed by atoms with Gasteiger partial charge in [0.15, 0.2) is 0 Å². The maximum absolute atomic E-state index is 13.3. The Balaban J connectivity index is 1.49. The number of carbonyl (C=O) groups excluding carboxylic acids is 3. The van der Waals surface area contributed by atoms with Crippen LogP contribution in [0.1, 0.15) is 31.1 Å². The van der Waals surface area contributed by atoms with Crippen molar-refractivity contribution in [1.82, 2.24) is 0 Å². The van der Waals surface area contributed by atoms with E-state index in [0.717, 1.165) is 5.32 Å². The van der Waals surface area contributed by atoms with Gasteiger partial charge in [-0.15, -0.1) is 0 Å². The minimum atomic E-state index is -1.01. The van der Waals surface area contributed by atoms with E-state index in [-0.39, 0.29) is 13.1 Å². The predicted octanol–water partition coefficient (Wildman–Crippen LogP) is 2.38. The van der Waals surface area contributed by atoms with Crippen molar-refractivity contribution in [2.75, 3.05) is 0 Å². The van der Waals surface area contributed by atoms with Crippen molar-refractivity contribution in [2.24, 2.45) is 0 Å². The molecule has 0 spiro atoms. The quantitative estimate of drug-likeness (QED) is 0.216. The maximum atomic E-state index is 13.3. The molecule has 196 valence electrons. The van der Waals surface area contributed by atoms with Crippen LogP contribution >= 0.6 is 0 Å². The molecule has 2 aliphatic rings. The average molecular weight is 774 g/mol. The van der Waals surface area contributed by atoms with E-state index in [1.165, 1.54) is 0 Å². The zero-order valence-corrected chi connectivity index (χ0v) is 26.6. The first kappa shape index (κ1) is 27.7. The van der Waals surface area contributed by atoms with Crippen molar-refractivity contribution in [2.45, 2.75) is 34.7 Å². The van der Waals surface area contributed by atoms with Crippen molar-refractivity contribution >= 4 is 66.8 Å². The van der Waals surface area contributed by atoms with Crippen LogP contribution < -0.4 is 0 Å². The van der Waals surface area contributed by atoms with Crippen molar-refractivity contribution < 1.29 is 33.3 Å². The standard InChI is InChI=1S/C27H22O7Se4/c28-24(17-10-4-1-5-11-17)32-21-20-16-35-37-38-36-27(31-20)23(34-26(30)19-14-8-3-9-15-19)22(21)33-25(29)18-12-6-2-7-13-18/h1-15,20-23,27H,16H2/t20-,21-,22+,23+,27-/m0/s1. The summed E-state index contributed by atoms with van der Waals surface area (Å²) in [6.07, 6.45) is -3.26. The summed E-state index contributed by atoms with van der Waals surface area (Å²) in [5, 5.41) is 0.352. The molecule has 0 aliphatic carbocycles. The van der Waals surface area contributed by atoms with Crippen molar-refractivity contribution in [3.05, 3.63) is 108 Å². The van der Waals surface area contributed by atoms with Gasteiger partial charge in [-0.2, -0.15) is 0 Å². The van der Waals surface area contributed by atoms with E-state index in [1.54, 1.807) is 72.8 Å². The van der Waals surface area contributed by atoms with Gasteiger partial charge in [0.05, 0.1) is 0 Å². The molecule has 0 N–H and O–H groups in total. The second-order valence-electron chi connectivity index (χ2n) is 8.27. The number of benzene rings is 3. The molecule has 5 atom stereocenters. The van der Waals surface area contributed by atoms with Crippen LogP contribution in [0.3, 0.4) is 0 Å². The molecule has 0 unspecified atom stereocenters. The van der Waals surface area contributed by atoms with E-state index in [4.69, 9.17) is 18.9 Å². The van der Waals surface area contributed by atoms with Gasteiger partial charge in [0.2, 0.25) is 0 Å². The molecule has 0 amide bonds. The molecule has 0 saturated carbocycles. The number of rotatable bonds is 6. The third-order valence-corrected chi connectivity index (χ3v) is 43.9. The summed E-state index contributed by atoms with van der Waals surface area (Å²) in [7, 11) is 0. The molecule has 0 radical (unpaired) electrons. The normalized spacial score (nSPS) is 24.8. The Morgan fingerprint density at radius 3 is 1.55 bits per heavy atom. The predicted molar refractivity (Wildman–Crippen MR) is 143 cm³/mol. The van der Waals surface area contributed by atoms with E-state index < -0.39 is 47.3 Å². The van der Waals surface area contributed by atoms with E-state index in [9.17, 15) is 14.4 Å². The fourth-order valence-corrected chi connectivity index (χ4v) is 44.3. The molecule has 2 saturated heterocycles. The van der Waals surface area contributed by atoms with Crippen LogP contribution in [-0.4, -0.2) is 96.2 Å². The van der Waals surface area contributed by atoms with Gasteiger partial charge in [0.1, 0.15) is 0 Å². The van der Waals surface area contributed by atoms with Crippen LogP contribution in [-0.2, 0) is 18.9 Å². The Kier molecular flexibility index (Phi) is 9.79. The summed E-state index contributed by atoms with van der Waals surface area (Å²) in [5.41, 5.74) is 1.13. The zero-order chi connectivity index (χ0) is 26.3. The van der Waals surface area contributed by atoms with E-state index in [2.05, 4.69) is 0 Å². The number of fused-ring (bicyclic) bond motifs is 2. The van der Waals surface area contributed by atoms with Gasteiger partial charge in [0.25, 0.3) is 0 Å². The molecule has 38 heavy (non-hydrogen) atoms. The number of hydrogen-bond acceptors (Lipinski definition) is 7. The SMILES string of the molecule is O=C(O[C@@H]1[C@@H](OC(=O)c2ccccc2)[C@@H]2C[Se][Se][Se][Se][C@H](O2)[C@@H]1OC(=O)c1ccccc1)c1ccccc1. The van der Waals surface area contributed by atoms with Crippen LogP contribution in [0.2, 0.25) is 5.32 Å². The molecule has 3 aromatic carbocycles. The number of ether oxygens (including phenoxy) is 4. The summed E-state index contributed by atoms with van der Waals surface area (Å²) in [5.74, 6) is -1.64. The van der Waals surface area contributed by atoms with Crippen LogP contribution in [0.15, 0.2) is 91.0 Å². The van der Waals surface area contributed by atoms with E-state index in [1.807, 2.05) is 18.2 Å². The molecule has 2 heterocycles. The molecule has 2 fully saturated rings. The summed E-state index contributed by atoms with van der Waals surface area (Å²) in [6.45, 7) is 0. The minimum absolute atomic E-state index is 0.0703. The van der Waals surface area contributed by atoms with E-state index >= 15 is 0 Å². The van der Waals surface area contributed by atoms with Crippen LogP contribution in [0, 0.1) is 0 Å². The van der Waals surface area contributed by atoms with Crippen LogP contribution in [0.5, 0.6) is 0 Å². The first-order valence-electron chi connectivity index (χ1n) is 11.7. The Morgan fingerprint density at radius 1 is 0.605 bits per heavy atom. The van der Waals surface area contributed by atoms with Gasteiger partial charge < -0.3 is 0 Å². The Bertz CT molecular complexity index is 1180. The summed E-state index contributed by atoms with van der Waals surface area (Å²) in [4.78, 5) is 39.6.